The second kappa shape index (κ2) is 11.1. The number of halogens is 3. The number of alkyl halides is 2. The number of benzene rings is 1. The summed E-state index contributed by atoms with van der Waals surface area (Å²) in [4.78, 5) is 41.9. The summed E-state index contributed by atoms with van der Waals surface area (Å²) in [7, 11) is 0. The third-order valence-corrected chi connectivity index (χ3v) is 9.53. The molecule has 2 aliphatic carbocycles. The van der Waals surface area contributed by atoms with Gasteiger partial charge < -0.3 is 25.1 Å². The molecular weight excluding hydrogens is 576 g/mol. The van der Waals surface area contributed by atoms with Crippen molar-refractivity contribution in [3.05, 3.63) is 49.9 Å². The molecule has 2 heterocycles. The highest BCUT2D eigenvalue weighted by Gasteiger charge is 2.49. The third kappa shape index (κ3) is 5.93. The van der Waals surface area contributed by atoms with E-state index in [1.165, 1.54) is 11.8 Å². The van der Waals surface area contributed by atoms with Gasteiger partial charge in [-0.1, -0.05) is 11.6 Å². The lowest BCUT2D eigenvalue weighted by Crippen LogP contribution is -2.52. The lowest BCUT2D eigenvalue weighted by molar-refractivity contribution is -0.140. The summed E-state index contributed by atoms with van der Waals surface area (Å²) >= 11 is 8.00. The van der Waals surface area contributed by atoms with Crippen molar-refractivity contribution in [1.29, 1.82) is 0 Å². The largest absolute Gasteiger partial charge is 0.448 e. The van der Waals surface area contributed by atoms with Gasteiger partial charge in [-0.15, -0.1) is 11.8 Å². The molecule has 12 heteroatoms. The van der Waals surface area contributed by atoms with Crippen LogP contribution >= 0.6 is 23.4 Å². The number of carbonyl (C=O) groups excluding carboxylic acids is 2. The molecule has 1 aromatic carbocycles. The Balaban J connectivity index is 1.23. The Morgan fingerprint density at radius 1 is 1.12 bits per heavy atom. The number of H-pyrrole nitrogens is 1. The van der Waals surface area contributed by atoms with Crippen molar-refractivity contribution in [2.75, 3.05) is 6.26 Å². The van der Waals surface area contributed by atoms with Gasteiger partial charge in [0.2, 0.25) is 5.91 Å². The minimum absolute atomic E-state index is 0.0436. The average molecular weight is 610 g/mol. The zero-order valence-electron chi connectivity index (χ0n) is 23.4. The molecule has 0 bridgehead atoms. The molecule has 3 N–H and O–H groups in total. The summed E-state index contributed by atoms with van der Waals surface area (Å²) in [6.07, 6.45) is 3.76. The van der Waals surface area contributed by atoms with Crippen LogP contribution in [0.2, 0.25) is 5.02 Å². The van der Waals surface area contributed by atoms with Crippen LogP contribution in [-0.4, -0.2) is 40.8 Å². The number of hydrogen-bond acceptors (Lipinski definition) is 6. The zero-order chi connectivity index (χ0) is 29.7. The van der Waals surface area contributed by atoms with Gasteiger partial charge in [0.25, 0.3) is 23.2 Å². The summed E-state index contributed by atoms with van der Waals surface area (Å²) < 4.78 is 38.9. The fourth-order valence-corrected chi connectivity index (χ4v) is 6.95. The number of amides is 2. The first-order valence-corrected chi connectivity index (χ1v) is 15.3. The van der Waals surface area contributed by atoms with Crippen LogP contribution < -0.4 is 25.7 Å². The normalized spacial score (nSPS) is 25.0. The highest BCUT2D eigenvalue weighted by atomic mass is 35.5. The van der Waals surface area contributed by atoms with Crippen LogP contribution in [0, 0.1) is 25.7 Å². The number of carbonyl (C=O) groups is 2. The monoisotopic (exact) mass is 609 g/mol. The van der Waals surface area contributed by atoms with Crippen LogP contribution in [0.15, 0.2) is 21.8 Å². The van der Waals surface area contributed by atoms with Crippen LogP contribution in [-0.2, 0) is 11.3 Å². The van der Waals surface area contributed by atoms with Gasteiger partial charge in [0.15, 0.2) is 11.5 Å². The second-order valence-electron chi connectivity index (χ2n) is 11.4. The molecule has 8 nitrogen and oxygen atoms in total. The maximum absolute atomic E-state index is 13.2. The smallest absolute Gasteiger partial charge is 0.254 e. The van der Waals surface area contributed by atoms with Crippen molar-refractivity contribution in [2.24, 2.45) is 11.8 Å². The number of hydrogen-bond donors (Lipinski definition) is 3. The Kier molecular flexibility index (Phi) is 8.06. The Bertz CT molecular complexity index is 1430. The summed E-state index contributed by atoms with van der Waals surface area (Å²) in [6, 6.07) is 2.96. The van der Waals surface area contributed by atoms with Gasteiger partial charge in [0.05, 0.1) is 5.02 Å². The molecule has 0 spiro atoms. The van der Waals surface area contributed by atoms with E-state index in [9.17, 15) is 23.2 Å². The second-order valence-corrected chi connectivity index (χ2v) is 12.7. The van der Waals surface area contributed by atoms with E-state index < -0.39 is 23.7 Å². The van der Waals surface area contributed by atoms with Crippen LogP contribution in [0.25, 0.3) is 0 Å². The number of fused-ring (bicyclic) bond motifs is 1. The topological polar surface area (TPSA) is 110 Å². The van der Waals surface area contributed by atoms with E-state index in [0.717, 1.165) is 10.6 Å². The molecule has 5 rings (SSSR count). The van der Waals surface area contributed by atoms with E-state index in [4.69, 9.17) is 21.1 Å². The van der Waals surface area contributed by atoms with Crippen LogP contribution in [0.3, 0.4) is 0 Å². The number of aromatic amines is 1. The van der Waals surface area contributed by atoms with Crippen LogP contribution in [0.1, 0.15) is 72.6 Å². The molecule has 1 aromatic heterocycles. The molecule has 0 unspecified atom stereocenters. The number of thioether (sulfide) groups is 1. The summed E-state index contributed by atoms with van der Waals surface area (Å²) in [5, 5.41) is 5.82. The first-order valence-electron chi connectivity index (χ1n) is 13.7. The molecular formula is C29H34ClF2N3O5S. The van der Waals surface area contributed by atoms with Gasteiger partial charge in [0.1, 0.15) is 0 Å². The van der Waals surface area contributed by atoms with Crippen molar-refractivity contribution in [2.45, 2.75) is 88.5 Å². The Morgan fingerprint density at radius 2 is 1.78 bits per heavy atom. The molecule has 0 saturated heterocycles. The maximum Gasteiger partial charge on any atom is 0.254 e. The highest BCUT2D eigenvalue weighted by molar-refractivity contribution is 7.98. The first kappa shape index (κ1) is 29.7. The van der Waals surface area contributed by atoms with Gasteiger partial charge in [-0.3, -0.25) is 14.4 Å². The van der Waals surface area contributed by atoms with E-state index in [1.54, 1.807) is 19.9 Å². The van der Waals surface area contributed by atoms with E-state index in [0.29, 0.717) is 53.9 Å². The predicted molar refractivity (Wildman–Crippen MR) is 152 cm³/mol. The summed E-state index contributed by atoms with van der Waals surface area (Å²) in [5.74, 6) is -3.79. The number of pyridine rings is 1. The standard InChI is InChI=1S/C29H34ClF2N3O5S/c1-14-9-22(41-4)20(27(38)34-14)13-33-26(37)19-10-21(30)24-23(15(19)2)39-28(3,40-24)17-7-5-16(6-8-17)25(36)35-18-11-29(31,32)12-18/h9-10,16-18H,5-8,11-13H2,1-4H3,(H,33,37)(H,34,38)(H,35,36)/t16-,17+,28-/m0/s1. The van der Waals surface area contributed by atoms with Crippen LogP contribution in [0.5, 0.6) is 11.5 Å². The van der Waals surface area contributed by atoms with E-state index in [-0.39, 0.29) is 47.7 Å². The lowest BCUT2D eigenvalue weighted by atomic mass is 9.77. The van der Waals surface area contributed by atoms with E-state index in [2.05, 4.69) is 15.6 Å². The minimum atomic E-state index is -2.67. The highest BCUT2D eigenvalue weighted by Crippen LogP contribution is 2.52. The summed E-state index contributed by atoms with van der Waals surface area (Å²) in [6.45, 7) is 5.45. The number of aryl methyl sites for hydroxylation is 1. The van der Waals surface area contributed by atoms with E-state index >= 15 is 0 Å². The van der Waals surface area contributed by atoms with Crippen molar-refractivity contribution < 1.29 is 27.8 Å². The fourth-order valence-electron chi connectivity index (χ4n) is 6.01. The van der Waals surface area contributed by atoms with Gasteiger partial charge in [-0.2, -0.15) is 0 Å². The molecule has 222 valence electrons. The van der Waals surface area contributed by atoms with Crippen molar-refractivity contribution >= 4 is 35.2 Å². The van der Waals surface area contributed by atoms with E-state index in [1.807, 2.05) is 19.2 Å². The van der Waals surface area contributed by atoms with Gasteiger partial charge in [0, 0.05) is 71.5 Å². The SMILES string of the molecule is CSc1cc(C)[nH]c(=O)c1CNC(=O)c1cc(Cl)c2c(c1C)O[C@](C)([C@H]1CC[C@@H](C(=O)NC3CC(F)(F)C3)CC1)O2. The number of ether oxygens (including phenoxy) is 2. The molecule has 2 aromatic rings. The van der Waals surface area contributed by atoms with Crippen molar-refractivity contribution in [1.82, 2.24) is 15.6 Å². The summed E-state index contributed by atoms with van der Waals surface area (Å²) in [5.41, 5.74) is 1.86. The minimum Gasteiger partial charge on any atom is -0.448 e. The number of rotatable bonds is 7. The molecule has 2 fully saturated rings. The van der Waals surface area contributed by atoms with Crippen molar-refractivity contribution in [3.8, 4) is 11.5 Å². The van der Waals surface area contributed by atoms with Gasteiger partial charge >= 0.3 is 0 Å². The predicted octanol–water partition coefficient (Wildman–Crippen LogP) is 5.50. The molecule has 2 amide bonds. The molecule has 41 heavy (non-hydrogen) atoms. The molecule has 0 radical (unpaired) electrons. The van der Waals surface area contributed by atoms with Gasteiger partial charge in [-0.25, -0.2) is 8.78 Å². The average Bonchev–Trinajstić information content (AvgIpc) is 3.28. The molecule has 3 aliphatic rings. The first-order chi connectivity index (χ1) is 19.3. The maximum atomic E-state index is 13.2. The van der Waals surface area contributed by atoms with Crippen molar-refractivity contribution in [3.63, 3.8) is 0 Å². The Morgan fingerprint density at radius 3 is 2.41 bits per heavy atom. The van der Waals surface area contributed by atoms with Crippen LogP contribution in [0.4, 0.5) is 8.78 Å². The Hall–Kier alpha value is -2.79. The third-order valence-electron chi connectivity index (χ3n) is 8.44. The number of aromatic nitrogens is 1. The molecule has 1 atom stereocenters. The quantitative estimate of drug-likeness (QED) is 0.358. The Labute approximate surface area is 246 Å². The number of nitrogens with one attached hydrogen (secondary N) is 3. The molecule has 2 saturated carbocycles. The van der Waals surface area contributed by atoms with Gasteiger partial charge in [-0.05, 0) is 57.9 Å². The zero-order valence-corrected chi connectivity index (χ0v) is 25.0. The fraction of sp³-hybridized carbons (Fsp3) is 0.552. The lowest BCUT2D eigenvalue weighted by Gasteiger charge is -2.39. The molecule has 1 aliphatic heterocycles.